The first-order valence-corrected chi connectivity index (χ1v) is 9.71. The molecule has 0 saturated carbocycles. The highest BCUT2D eigenvalue weighted by atomic mass is 32.2. The summed E-state index contributed by atoms with van der Waals surface area (Å²) in [6, 6.07) is 7.84. The quantitative estimate of drug-likeness (QED) is 0.575. The van der Waals surface area contributed by atoms with Crippen molar-refractivity contribution < 1.29 is 15.0 Å². The van der Waals surface area contributed by atoms with Crippen molar-refractivity contribution >= 4 is 53.0 Å². The predicted octanol–water partition coefficient (Wildman–Crippen LogP) is 4.55. The number of aromatic hydroxyl groups is 1. The van der Waals surface area contributed by atoms with Crippen LogP contribution in [0.1, 0.15) is 18.2 Å². The molecule has 0 amide bonds. The van der Waals surface area contributed by atoms with E-state index < -0.39 is 5.97 Å². The third-order valence-corrected chi connectivity index (χ3v) is 6.18. The third kappa shape index (κ3) is 3.67. The number of hydrogen-bond acceptors (Lipinski definition) is 6. The molecule has 25 heavy (non-hydrogen) atoms. The summed E-state index contributed by atoms with van der Waals surface area (Å²) >= 11 is 8.11. The van der Waals surface area contributed by atoms with E-state index in [-0.39, 0.29) is 12.3 Å². The van der Waals surface area contributed by atoms with Gasteiger partial charge in [0.05, 0.1) is 17.0 Å². The van der Waals surface area contributed by atoms with Crippen molar-refractivity contribution in [2.75, 3.05) is 11.4 Å². The number of nitrogens with zero attached hydrogens (tertiary/aromatic N) is 2. The lowest BCUT2D eigenvalue weighted by atomic mass is 10.3. The molecule has 2 heterocycles. The molecule has 5 nitrogen and oxygen atoms in total. The van der Waals surface area contributed by atoms with Gasteiger partial charge in [-0.1, -0.05) is 29.6 Å². The number of carboxylic acids is 1. The van der Waals surface area contributed by atoms with Crippen molar-refractivity contribution in [2.45, 2.75) is 24.8 Å². The van der Waals surface area contributed by atoms with Crippen molar-refractivity contribution in [1.29, 1.82) is 0 Å². The molecule has 2 aromatic rings. The lowest BCUT2D eigenvalue weighted by Gasteiger charge is -2.17. The van der Waals surface area contributed by atoms with Crippen LogP contribution in [0.2, 0.25) is 0 Å². The van der Waals surface area contributed by atoms with Crippen LogP contribution in [-0.2, 0) is 11.3 Å². The zero-order chi connectivity index (χ0) is 18.0. The maximum atomic E-state index is 11.0. The Hall–Kier alpha value is -1.99. The van der Waals surface area contributed by atoms with Gasteiger partial charge in [-0.05, 0) is 31.3 Å². The number of aliphatic carboxylic acids is 1. The summed E-state index contributed by atoms with van der Waals surface area (Å²) < 4.78 is 2.28. The fraction of sp³-hybridized carbons (Fsp3) is 0.235. The van der Waals surface area contributed by atoms with Crippen LogP contribution < -0.4 is 4.90 Å². The second-order valence-corrected chi connectivity index (χ2v) is 7.97. The van der Waals surface area contributed by atoms with E-state index in [1.807, 2.05) is 36.1 Å². The molecule has 0 aliphatic carbocycles. The Morgan fingerprint density at radius 1 is 1.40 bits per heavy atom. The van der Waals surface area contributed by atoms with E-state index in [0.717, 1.165) is 15.6 Å². The summed E-state index contributed by atoms with van der Waals surface area (Å²) in [5.41, 5.74) is 4.18. The SMILES string of the molecule is CCn1c(O)c(C=C=C2Sc3ccccc3N2CCC(=O)O)sc1=S. The van der Waals surface area contributed by atoms with Crippen LogP contribution in [0.5, 0.6) is 5.88 Å². The smallest absolute Gasteiger partial charge is 0.305 e. The largest absolute Gasteiger partial charge is 0.493 e. The number of carbonyl (C=O) groups is 1. The van der Waals surface area contributed by atoms with Crippen LogP contribution in [0.15, 0.2) is 39.9 Å². The van der Waals surface area contributed by atoms with Crippen molar-refractivity contribution in [3.05, 3.63) is 43.9 Å². The molecule has 0 spiro atoms. The topological polar surface area (TPSA) is 65.7 Å². The number of thioether (sulfide) groups is 1. The van der Waals surface area contributed by atoms with Gasteiger partial charge in [0, 0.05) is 24.1 Å². The molecule has 1 aliphatic rings. The van der Waals surface area contributed by atoms with E-state index in [9.17, 15) is 9.90 Å². The van der Waals surface area contributed by atoms with Gasteiger partial charge in [-0.25, -0.2) is 0 Å². The second-order valence-electron chi connectivity index (χ2n) is 5.26. The molecule has 1 aromatic carbocycles. The molecular formula is C17H16N2O3S3. The molecule has 2 N–H and O–H groups in total. The monoisotopic (exact) mass is 392 g/mol. The summed E-state index contributed by atoms with van der Waals surface area (Å²) in [5.74, 6) is -0.698. The fourth-order valence-electron chi connectivity index (χ4n) is 2.49. The number of anilines is 1. The number of thiazole rings is 1. The molecule has 0 saturated heterocycles. The highest BCUT2D eigenvalue weighted by molar-refractivity contribution is 8.03. The van der Waals surface area contributed by atoms with Gasteiger partial charge >= 0.3 is 5.97 Å². The number of para-hydroxylation sites is 1. The number of hydrogen-bond donors (Lipinski definition) is 2. The van der Waals surface area contributed by atoms with E-state index in [2.05, 4.69) is 5.73 Å². The minimum Gasteiger partial charge on any atom is -0.493 e. The van der Waals surface area contributed by atoms with Crippen LogP contribution >= 0.6 is 35.3 Å². The van der Waals surface area contributed by atoms with Crippen LogP contribution in [-0.4, -0.2) is 27.3 Å². The summed E-state index contributed by atoms with van der Waals surface area (Å²) in [7, 11) is 0. The molecule has 0 unspecified atom stereocenters. The van der Waals surface area contributed by atoms with Gasteiger partial charge < -0.3 is 15.1 Å². The molecule has 0 fully saturated rings. The van der Waals surface area contributed by atoms with Crippen molar-refractivity contribution in [2.24, 2.45) is 0 Å². The highest BCUT2D eigenvalue weighted by Crippen LogP contribution is 2.45. The minimum atomic E-state index is -0.839. The molecule has 3 rings (SSSR count). The van der Waals surface area contributed by atoms with Gasteiger partial charge in [0.1, 0.15) is 5.03 Å². The van der Waals surface area contributed by atoms with Crippen LogP contribution in [0.25, 0.3) is 6.08 Å². The van der Waals surface area contributed by atoms with Gasteiger partial charge in [-0.15, -0.1) is 11.3 Å². The molecule has 0 atom stereocenters. The van der Waals surface area contributed by atoms with Crippen LogP contribution in [0.4, 0.5) is 5.69 Å². The minimum absolute atomic E-state index is 0.0382. The van der Waals surface area contributed by atoms with Crippen LogP contribution in [0.3, 0.4) is 0 Å². The first-order chi connectivity index (χ1) is 12.0. The summed E-state index contributed by atoms with van der Waals surface area (Å²) in [4.78, 5) is 14.6. The Labute approximate surface area is 158 Å². The predicted molar refractivity (Wildman–Crippen MR) is 104 cm³/mol. The number of fused-ring (bicyclic) bond motifs is 1. The van der Waals surface area contributed by atoms with E-state index in [4.69, 9.17) is 17.3 Å². The normalized spacial score (nSPS) is 12.8. The number of rotatable bonds is 5. The highest BCUT2D eigenvalue weighted by Gasteiger charge is 2.25. The second kappa shape index (κ2) is 7.49. The van der Waals surface area contributed by atoms with Gasteiger partial charge in [-0.3, -0.25) is 9.36 Å². The zero-order valence-corrected chi connectivity index (χ0v) is 15.9. The molecule has 8 heteroatoms. The van der Waals surface area contributed by atoms with E-state index >= 15 is 0 Å². The average molecular weight is 393 g/mol. The van der Waals surface area contributed by atoms with Gasteiger partial charge in [-0.2, -0.15) is 0 Å². The molecule has 0 radical (unpaired) electrons. The summed E-state index contributed by atoms with van der Waals surface area (Å²) in [6.07, 6.45) is 1.75. The van der Waals surface area contributed by atoms with E-state index in [1.54, 1.807) is 10.6 Å². The lowest BCUT2D eigenvalue weighted by Crippen LogP contribution is -2.21. The number of carboxylic acid groups (broad SMARTS) is 1. The fourth-order valence-corrected chi connectivity index (χ4v) is 4.86. The Balaban J connectivity index is 1.98. The molecule has 130 valence electrons. The van der Waals surface area contributed by atoms with Gasteiger partial charge in [0.25, 0.3) is 0 Å². The Morgan fingerprint density at radius 2 is 2.16 bits per heavy atom. The maximum absolute atomic E-state index is 11.0. The number of benzene rings is 1. The average Bonchev–Trinajstić information content (AvgIpc) is 3.07. The summed E-state index contributed by atoms with van der Waals surface area (Å²) in [5, 5.41) is 20.0. The van der Waals surface area contributed by atoms with Crippen LogP contribution in [0, 0.1) is 3.95 Å². The first-order valence-electron chi connectivity index (χ1n) is 7.66. The Bertz CT molecular complexity index is 939. The maximum Gasteiger partial charge on any atom is 0.305 e. The van der Waals surface area contributed by atoms with E-state index in [1.165, 1.54) is 23.1 Å². The van der Waals surface area contributed by atoms with Crippen molar-refractivity contribution in [3.63, 3.8) is 0 Å². The van der Waals surface area contributed by atoms with Gasteiger partial charge in [0.2, 0.25) is 5.88 Å². The lowest BCUT2D eigenvalue weighted by molar-refractivity contribution is -0.136. The number of aromatic nitrogens is 1. The molecule has 0 bridgehead atoms. The van der Waals surface area contributed by atoms with E-state index in [0.29, 0.717) is 21.9 Å². The first kappa shape index (κ1) is 17.8. The molecular weight excluding hydrogens is 376 g/mol. The molecule has 1 aromatic heterocycles. The standard InChI is InChI=1S/C17H16N2O3S3/c1-2-18-16(22)13(25-17(18)23)7-8-14-19(10-9-15(20)21)11-5-3-4-6-12(11)24-14/h3-7,22H,2,9-10H2,1H3,(H,20,21). The van der Waals surface area contributed by atoms with Gasteiger partial charge in [0.15, 0.2) is 3.95 Å². The van der Waals surface area contributed by atoms with Crippen molar-refractivity contribution in [3.8, 4) is 5.88 Å². The van der Waals surface area contributed by atoms with Crippen molar-refractivity contribution in [1.82, 2.24) is 4.57 Å². The Morgan fingerprint density at radius 3 is 2.84 bits per heavy atom. The Kier molecular flexibility index (Phi) is 5.34. The zero-order valence-electron chi connectivity index (χ0n) is 13.4. The summed E-state index contributed by atoms with van der Waals surface area (Å²) in [6.45, 7) is 2.90. The molecule has 1 aliphatic heterocycles. The third-order valence-electron chi connectivity index (χ3n) is 3.69.